The van der Waals surface area contributed by atoms with Gasteiger partial charge in [-0.1, -0.05) is 26.2 Å². The zero-order valence-electron chi connectivity index (χ0n) is 11.5. The molecule has 2 N–H and O–H groups in total. The first kappa shape index (κ1) is 13.1. The number of unbranched alkanes of at least 4 members (excludes halogenated alkanes) is 3. The minimum atomic E-state index is 0.257. The van der Waals surface area contributed by atoms with Gasteiger partial charge in [-0.25, -0.2) is 0 Å². The standard InChI is InChI=1S/C15H24N2O/c1-3-4-5-6-9-17-11-12(2)18-15-8-7-13(16)10-14(15)17/h7-8,10,12H,3-6,9,11,16H2,1-2H3. The van der Waals surface area contributed by atoms with Crippen molar-refractivity contribution >= 4 is 11.4 Å². The number of nitrogens with zero attached hydrogens (tertiary/aromatic N) is 1. The van der Waals surface area contributed by atoms with Gasteiger partial charge in [-0.15, -0.1) is 0 Å². The quantitative estimate of drug-likeness (QED) is 0.641. The Morgan fingerprint density at radius 2 is 2.17 bits per heavy atom. The first-order valence-electron chi connectivity index (χ1n) is 7.02. The highest BCUT2D eigenvalue weighted by Crippen LogP contribution is 2.35. The molecular weight excluding hydrogens is 224 g/mol. The summed E-state index contributed by atoms with van der Waals surface area (Å²) in [5.74, 6) is 0.971. The maximum atomic E-state index is 5.87. The number of fused-ring (bicyclic) bond motifs is 1. The van der Waals surface area contributed by atoms with Crippen molar-refractivity contribution in [2.45, 2.75) is 45.6 Å². The fraction of sp³-hybridized carbons (Fsp3) is 0.600. The van der Waals surface area contributed by atoms with Crippen LogP contribution in [0.25, 0.3) is 0 Å². The van der Waals surface area contributed by atoms with Crippen LogP contribution in [0.3, 0.4) is 0 Å². The summed E-state index contributed by atoms with van der Waals surface area (Å²) < 4.78 is 5.85. The Morgan fingerprint density at radius 1 is 1.33 bits per heavy atom. The average Bonchev–Trinajstić information content (AvgIpc) is 2.35. The molecule has 0 radical (unpaired) electrons. The average molecular weight is 248 g/mol. The minimum Gasteiger partial charge on any atom is -0.487 e. The summed E-state index contributed by atoms with van der Waals surface area (Å²) in [4.78, 5) is 2.41. The van der Waals surface area contributed by atoms with Gasteiger partial charge in [0.05, 0.1) is 12.2 Å². The Hall–Kier alpha value is -1.38. The van der Waals surface area contributed by atoms with Crippen molar-refractivity contribution < 1.29 is 4.74 Å². The molecule has 0 saturated heterocycles. The summed E-state index contributed by atoms with van der Waals surface area (Å²) in [6.45, 7) is 6.43. The molecule has 0 amide bonds. The zero-order chi connectivity index (χ0) is 13.0. The number of hydrogen-bond donors (Lipinski definition) is 1. The normalized spacial score (nSPS) is 18.3. The summed E-state index contributed by atoms with van der Waals surface area (Å²) in [5.41, 5.74) is 7.84. The third kappa shape index (κ3) is 3.09. The third-order valence-corrected chi connectivity index (χ3v) is 3.41. The number of benzene rings is 1. The van der Waals surface area contributed by atoms with Gasteiger partial charge in [0.2, 0.25) is 0 Å². The maximum absolute atomic E-state index is 5.87. The molecule has 0 spiro atoms. The fourth-order valence-corrected chi connectivity index (χ4v) is 2.49. The number of ether oxygens (including phenoxy) is 1. The SMILES string of the molecule is CCCCCCN1CC(C)Oc2ccc(N)cc21. The van der Waals surface area contributed by atoms with E-state index >= 15 is 0 Å². The van der Waals surface area contributed by atoms with Crippen molar-refractivity contribution in [3.05, 3.63) is 18.2 Å². The summed E-state index contributed by atoms with van der Waals surface area (Å²) in [7, 11) is 0. The van der Waals surface area contributed by atoms with Crippen LogP contribution in [0.5, 0.6) is 5.75 Å². The Bertz CT molecular complexity index is 392. The Balaban J connectivity index is 2.04. The molecule has 0 saturated carbocycles. The second kappa shape index (κ2) is 5.98. The molecule has 100 valence electrons. The second-order valence-electron chi connectivity index (χ2n) is 5.16. The van der Waals surface area contributed by atoms with Gasteiger partial charge in [0.25, 0.3) is 0 Å². The minimum absolute atomic E-state index is 0.257. The van der Waals surface area contributed by atoms with Crippen LogP contribution in [0.4, 0.5) is 11.4 Å². The molecule has 2 rings (SSSR count). The molecule has 1 aliphatic heterocycles. The fourth-order valence-electron chi connectivity index (χ4n) is 2.49. The molecule has 3 heteroatoms. The zero-order valence-corrected chi connectivity index (χ0v) is 11.5. The lowest BCUT2D eigenvalue weighted by Crippen LogP contribution is -2.39. The van der Waals surface area contributed by atoms with Gasteiger partial charge in [0, 0.05) is 12.2 Å². The van der Waals surface area contributed by atoms with Crippen molar-refractivity contribution in [1.29, 1.82) is 0 Å². The van der Waals surface area contributed by atoms with Gasteiger partial charge >= 0.3 is 0 Å². The summed E-state index contributed by atoms with van der Waals surface area (Å²) in [6.07, 6.45) is 5.41. The molecule has 1 aromatic carbocycles. The highest BCUT2D eigenvalue weighted by molar-refractivity contribution is 5.66. The van der Waals surface area contributed by atoms with E-state index < -0.39 is 0 Å². The number of anilines is 2. The first-order chi connectivity index (χ1) is 8.70. The van der Waals surface area contributed by atoms with Gasteiger partial charge in [-0.05, 0) is 31.5 Å². The second-order valence-corrected chi connectivity index (χ2v) is 5.16. The van der Waals surface area contributed by atoms with E-state index in [2.05, 4.69) is 18.7 Å². The smallest absolute Gasteiger partial charge is 0.143 e. The highest BCUT2D eigenvalue weighted by atomic mass is 16.5. The van der Waals surface area contributed by atoms with Crippen molar-refractivity contribution in [2.75, 3.05) is 23.7 Å². The van der Waals surface area contributed by atoms with Gasteiger partial charge in [0.1, 0.15) is 11.9 Å². The van der Waals surface area contributed by atoms with Gasteiger partial charge in [-0.3, -0.25) is 0 Å². The van der Waals surface area contributed by atoms with Crippen LogP contribution in [-0.4, -0.2) is 19.2 Å². The molecule has 0 aliphatic carbocycles. The highest BCUT2D eigenvalue weighted by Gasteiger charge is 2.22. The monoisotopic (exact) mass is 248 g/mol. The van der Waals surface area contributed by atoms with Crippen molar-refractivity contribution in [3.63, 3.8) is 0 Å². The molecular formula is C15H24N2O. The van der Waals surface area contributed by atoms with E-state index in [9.17, 15) is 0 Å². The van der Waals surface area contributed by atoms with Gasteiger partial charge in [-0.2, -0.15) is 0 Å². The molecule has 1 heterocycles. The third-order valence-electron chi connectivity index (χ3n) is 3.41. The molecule has 1 atom stereocenters. The van der Waals surface area contributed by atoms with E-state index in [1.165, 1.54) is 25.7 Å². The van der Waals surface area contributed by atoms with Crippen LogP contribution in [-0.2, 0) is 0 Å². The molecule has 1 aromatic rings. The van der Waals surface area contributed by atoms with E-state index in [0.717, 1.165) is 30.2 Å². The lowest BCUT2D eigenvalue weighted by molar-refractivity contribution is 0.212. The largest absolute Gasteiger partial charge is 0.487 e. The van der Waals surface area contributed by atoms with Crippen LogP contribution in [0.1, 0.15) is 39.5 Å². The number of nitrogen functional groups attached to an aromatic ring is 1. The topological polar surface area (TPSA) is 38.5 Å². The Labute approximate surface area is 110 Å². The van der Waals surface area contributed by atoms with Crippen LogP contribution >= 0.6 is 0 Å². The van der Waals surface area contributed by atoms with E-state index in [4.69, 9.17) is 10.5 Å². The van der Waals surface area contributed by atoms with Crippen LogP contribution < -0.4 is 15.4 Å². The van der Waals surface area contributed by atoms with Crippen molar-refractivity contribution in [2.24, 2.45) is 0 Å². The Kier molecular flexibility index (Phi) is 4.34. The molecule has 18 heavy (non-hydrogen) atoms. The van der Waals surface area contributed by atoms with Crippen LogP contribution in [0, 0.1) is 0 Å². The lowest BCUT2D eigenvalue weighted by Gasteiger charge is -2.35. The lowest BCUT2D eigenvalue weighted by atomic mass is 10.1. The number of nitrogens with two attached hydrogens (primary N) is 1. The van der Waals surface area contributed by atoms with Crippen LogP contribution in [0.15, 0.2) is 18.2 Å². The van der Waals surface area contributed by atoms with E-state index in [1.807, 2.05) is 18.2 Å². The van der Waals surface area contributed by atoms with E-state index in [1.54, 1.807) is 0 Å². The summed E-state index contributed by atoms with van der Waals surface area (Å²) in [5, 5.41) is 0. The molecule has 1 aliphatic rings. The van der Waals surface area contributed by atoms with Gasteiger partial charge in [0.15, 0.2) is 0 Å². The predicted molar refractivity (Wildman–Crippen MR) is 77.3 cm³/mol. The maximum Gasteiger partial charge on any atom is 0.143 e. The summed E-state index contributed by atoms with van der Waals surface area (Å²) in [6, 6.07) is 5.92. The van der Waals surface area contributed by atoms with Crippen molar-refractivity contribution in [1.82, 2.24) is 0 Å². The molecule has 3 nitrogen and oxygen atoms in total. The molecule has 0 fully saturated rings. The van der Waals surface area contributed by atoms with Gasteiger partial charge < -0.3 is 15.4 Å². The molecule has 1 unspecified atom stereocenters. The summed E-state index contributed by atoms with van der Waals surface area (Å²) >= 11 is 0. The van der Waals surface area contributed by atoms with Crippen molar-refractivity contribution in [3.8, 4) is 5.75 Å². The first-order valence-corrected chi connectivity index (χ1v) is 7.02. The van der Waals surface area contributed by atoms with E-state index in [-0.39, 0.29) is 6.10 Å². The number of rotatable bonds is 5. The van der Waals surface area contributed by atoms with E-state index in [0.29, 0.717) is 0 Å². The molecule has 0 bridgehead atoms. The number of hydrogen-bond acceptors (Lipinski definition) is 3. The Morgan fingerprint density at radius 3 is 2.94 bits per heavy atom. The predicted octanol–water partition coefficient (Wildman–Crippen LogP) is 3.44. The van der Waals surface area contributed by atoms with Crippen LogP contribution in [0.2, 0.25) is 0 Å². The molecule has 0 aromatic heterocycles.